The van der Waals surface area contributed by atoms with Crippen LogP contribution in [0.4, 0.5) is 0 Å². The lowest BCUT2D eigenvalue weighted by Gasteiger charge is -2.22. The van der Waals surface area contributed by atoms with Gasteiger partial charge in [-0.05, 0) is 76.4 Å². The normalized spacial score (nSPS) is 15.9. The fourth-order valence-electron chi connectivity index (χ4n) is 7.56. The third-order valence-electron chi connectivity index (χ3n) is 9.77. The summed E-state index contributed by atoms with van der Waals surface area (Å²) in [6.45, 7) is 4.61. The molecule has 46 heavy (non-hydrogen) atoms. The predicted octanol–water partition coefficient (Wildman–Crippen LogP) is 8.40. The topological polar surface area (TPSA) is 62.7 Å². The highest BCUT2D eigenvalue weighted by Gasteiger charge is 2.35. The summed E-state index contributed by atoms with van der Waals surface area (Å²) < 4.78 is 4.22. The molecule has 5 aromatic carbocycles. The monoisotopic (exact) mass is 594 g/mol. The molecule has 0 fully saturated rings. The molecular formula is C41H32N5+. The van der Waals surface area contributed by atoms with Crippen LogP contribution in [0.2, 0.25) is 0 Å². The fraction of sp³-hybridized carbons (Fsp3) is 0.0732. The highest BCUT2D eigenvalue weighted by molar-refractivity contribution is 6.25. The van der Waals surface area contributed by atoms with Crippen LogP contribution in [0.25, 0.3) is 55.1 Å². The Kier molecular flexibility index (Phi) is 5.70. The SMILES string of the molecule is CC1(C)c2ccccc2-c2ccc(C3=CC=C[NH2+]/C3=N\C(=N)n3c4ccccc4c4ccc5c(ccn5-c5ccccc5)c43)cc21. The quantitative estimate of drug-likeness (QED) is 0.149. The van der Waals surface area contributed by atoms with Crippen LogP contribution in [0.3, 0.4) is 0 Å². The third-order valence-corrected chi connectivity index (χ3v) is 9.77. The molecule has 9 rings (SSSR count). The first-order valence-electron chi connectivity index (χ1n) is 15.7. The van der Waals surface area contributed by atoms with Crippen LogP contribution in [-0.2, 0) is 5.41 Å². The van der Waals surface area contributed by atoms with E-state index < -0.39 is 0 Å². The molecule has 0 unspecified atom stereocenters. The standard InChI is InChI=1S/C41H31N5/c1-41(2)34-16-8-6-13-29(34)30-19-18-26(25-35(30)41)28-15-10-23-43-39(28)44-40(42)46-37-17-9-7-14-31(37)32-20-21-36-33(38(32)46)22-24-45(36)27-11-4-3-5-12-27/h3-25H,1-2H3,(H2,42,43,44)/p+1. The molecule has 0 radical (unpaired) electrons. The first kappa shape index (κ1) is 26.6. The van der Waals surface area contributed by atoms with Crippen molar-refractivity contribution in [3.63, 3.8) is 0 Å². The first-order chi connectivity index (χ1) is 22.5. The van der Waals surface area contributed by atoms with E-state index in [0.717, 1.165) is 55.4 Å². The Balaban J connectivity index is 1.19. The Morgan fingerprint density at radius 1 is 0.717 bits per heavy atom. The highest BCUT2D eigenvalue weighted by atomic mass is 15.2. The maximum Gasteiger partial charge on any atom is 0.240 e. The van der Waals surface area contributed by atoms with Crippen molar-refractivity contribution >= 4 is 50.1 Å². The first-order valence-corrected chi connectivity index (χ1v) is 15.7. The van der Waals surface area contributed by atoms with Crippen LogP contribution >= 0.6 is 0 Å². The second-order valence-corrected chi connectivity index (χ2v) is 12.7. The molecule has 2 aliphatic rings. The summed E-state index contributed by atoms with van der Waals surface area (Å²) in [4.78, 5) is 5.06. The largest absolute Gasteiger partial charge is 0.316 e. The lowest BCUT2D eigenvalue weighted by molar-refractivity contribution is -0.459. The van der Waals surface area contributed by atoms with Crippen LogP contribution < -0.4 is 5.32 Å². The minimum atomic E-state index is -0.0920. The summed E-state index contributed by atoms with van der Waals surface area (Å²) >= 11 is 0. The number of rotatable bonds is 2. The van der Waals surface area contributed by atoms with Gasteiger partial charge >= 0.3 is 0 Å². The maximum absolute atomic E-state index is 9.52. The molecule has 0 saturated heterocycles. The van der Waals surface area contributed by atoms with Crippen LogP contribution in [0.15, 0.2) is 145 Å². The molecular weight excluding hydrogens is 562 g/mol. The fourth-order valence-corrected chi connectivity index (χ4v) is 7.56. The van der Waals surface area contributed by atoms with Crippen LogP contribution in [0, 0.1) is 5.41 Å². The summed E-state index contributed by atoms with van der Waals surface area (Å²) in [5.74, 6) is 0.966. The molecule has 0 atom stereocenters. The van der Waals surface area contributed by atoms with Crippen molar-refractivity contribution in [3.8, 4) is 16.8 Å². The second-order valence-electron chi connectivity index (χ2n) is 12.7. The smallest absolute Gasteiger partial charge is 0.240 e. The number of allylic oxidation sites excluding steroid dienone is 2. The minimum Gasteiger partial charge on any atom is -0.316 e. The van der Waals surface area contributed by atoms with Crippen LogP contribution in [0.5, 0.6) is 0 Å². The number of hydrogen-bond acceptors (Lipinski definition) is 1. The van der Waals surface area contributed by atoms with E-state index in [1.54, 1.807) is 0 Å². The molecule has 5 nitrogen and oxygen atoms in total. The highest BCUT2D eigenvalue weighted by Crippen LogP contribution is 2.49. The van der Waals surface area contributed by atoms with E-state index in [1.807, 2.05) is 28.2 Å². The Bertz CT molecular complexity index is 2480. The zero-order valence-electron chi connectivity index (χ0n) is 25.7. The number of nitrogens with two attached hydrogens (primary N) is 1. The predicted molar refractivity (Wildman–Crippen MR) is 190 cm³/mol. The molecule has 1 aliphatic heterocycles. The zero-order valence-corrected chi connectivity index (χ0v) is 25.7. The Labute approximate surface area is 267 Å². The van der Waals surface area contributed by atoms with Gasteiger partial charge in [0.05, 0.1) is 28.3 Å². The van der Waals surface area contributed by atoms with Gasteiger partial charge < -0.3 is 4.57 Å². The number of benzene rings is 5. The van der Waals surface area contributed by atoms with E-state index in [9.17, 15) is 5.41 Å². The van der Waals surface area contributed by atoms with E-state index in [2.05, 4.69) is 140 Å². The number of quaternary nitrogens is 1. The number of para-hydroxylation sites is 2. The van der Waals surface area contributed by atoms with Gasteiger partial charge in [0, 0.05) is 33.5 Å². The Morgan fingerprint density at radius 2 is 1.50 bits per heavy atom. The lowest BCUT2D eigenvalue weighted by Crippen LogP contribution is -2.83. The molecule has 2 aromatic heterocycles. The Morgan fingerprint density at radius 3 is 2.39 bits per heavy atom. The number of aliphatic imine (C=N–C) groups is 1. The number of nitrogens with zero attached hydrogens (tertiary/aromatic N) is 3. The average Bonchev–Trinajstić information content (AvgIpc) is 3.74. The van der Waals surface area contributed by atoms with Crippen molar-refractivity contribution in [2.75, 3.05) is 0 Å². The van der Waals surface area contributed by atoms with Gasteiger partial charge in [-0.3, -0.25) is 15.3 Å². The van der Waals surface area contributed by atoms with E-state index in [4.69, 9.17) is 4.99 Å². The molecule has 3 N–H and O–H groups in total. The van der Waals surface area contributed by atoms with Gasteiger partial charge in [-0.1, -0.05) is 92.7 Å². The van der Waals surface area contributed by atoms with Crippen molar-refractivity contribution in [3.05, 3.63) is 157 Å². The summed E-state index contributed by atoms with van der Waals surface area (Å²) in [6.07, 6.45) is 8.30. The van der Waals surface area contributed by atoms with Crippen LogP contribution in [0.1, 0.15) is 30.5 Å². The van der Waals surface area contributed by atoms with Gasteiger partial charge in [0.25, 0.3) is 0 Å². The van der Waals surface area contributed by atoms with Gasteiger partial charge in [-0.25, -0.2) is 0 Å². The lowest BCUT2D eigenvalue weighted by atomic mass is 9.81. The van der Waals surface area contributed by atoms with Crippen molar-refractivity contribution in [1.82, 2.24) is 9.13 Å². The van der Waals surface area contributed by atoms with Gasteiger partial charge in [0.15, 0.2) is 0 Å². The van der Waals surface area contributed by atoms with E-state index in [1.165, 1.54) is 22.3 Å². The molecule has 0 saturated carbocycles. The number of aromatic nitrogens is 2. The molecule has 7 aromatic rings. The van der Waals surface area contributed by atoms with E-state index in [0.29, 0.717) is 0 Å². The van der Waals surface area contributed by atoms with E-state index in [-0.39, 0.29) is 11.4 Å². The summed E-state index contributed by atoms with van der Waals surface area (Å²) in [7, 11) is 0. The van der Waals surface area contributed by atoms with Crippen molar-refractivity contribution in [2.45, 2.75) is 19.3 Å². The van der Waals surface area contributed by atoms with Gasteiger partial charge in [0.2, 0.25) is 11.8 Å². The summed E-state index contributed by atoms with van der Waals surface area (Å²) in [5, 5.41) is 14.9. The molecule has 220 valence electrons. The van der Waals surface area contributed by atoms with Gasteiger partial charge in [-0.15, -0.1) is 0 Å². The number of fused-ring (bicyclic) bond motifs is 8. The van der Waals surface area contributed by atoms with Crippen molar-refractivity contribution in [1.29, 1.82) is 5.41 Å². The maximum atomic E-state index is 9.52. The Hall–Kier alpha value is -5.78. The molecule has 0 amide bonds. The number of hydrogen-bond donors (Lipinski definition) is 2. The molecule has 5 heteroatoms. The minimum absolute atomic E-state index is 0.0920. The summed E-state index contributed by atoms with van der Waals surface area (Å²) in [6, 6.07) is 40.7. The van der Waals surface area contributed by atoms with Crippen LogP contribution in [-0.4, -0.2) is 20.9 Å². The molecule has 0 bridgehead atoms. The second kappa shape index (κ2) is 9.86. The van der Waals surface area contributed by atoms with Crippen molar-refractivity contribution in [2.24, 2.45) is 4.99 Å². The third kappa shape index (κ3) is 3.79. The molecule has 3 heterocycles. The van der Waals surface area contributed by atoms with E-state index >= 15 is 0 Å². The average molecular weight is 595 g/mol. The molecule has 0 spiro atoms. The molecule has 1 aliphatic carbocycles. The summed E-state index contributed by atoms with van der Waals surface area (Å²) in [5.41, 5.74) is 11.5. The number of nitrogens with one attached hydrogen (secondary N) is 1. The van der Waals surface area contributed by atoms with Gasteiger partial charge in [0.1, 0.15) is 0 Å². The van der Waals surface area contributed by atoms with Gasteiger partial charge in [-0.2, -0.15) is 4.99 Å². The number of amidine groups is 1. The zero-order chi connectivity index (χ0) is 31.0. The van der Waals surface area contributed by atoms with Crippen molar-refractivity contribution < 1.29 is 5.32 Å².